The average Bonchev–Trinajstić information content (AvgIpc) is 2.76. The monoisotopic (exact) mass is 425 g/mol. The number of furan rings is 1. The fourth-order valence-electron chi connectivity index (χ4n) is 1.61. The van der Waals surface area contributed by atoms with Gasteiger partial charge < -0.3 is 9.52 Å². The smallest absolute Gasteiger partial charge is 0.371 e. The van der Waals surface area contributed by atoms with Crippen LogP contribution in [0.5, 0.6) is 0 Å². The lowest BCUT2D eigenvalue weighted by Gasteiger charge is -2.08. The van der Waals surface area contributed by atoms with E-state index in [4.69, 9.17) is 9.52 Å². The van der Waals surface area contributed by atoms with Crippen molar-refractivity contribution in [3.63, 3.8) is 0 Å². The van der Waals surface area contributed by atoms with Crippen molar-refractivity contribution in [1.29, 1.82) is 0 Å². The third-order valence-corrected chi connectivity index (χ3v) is 4.91. The minimum Gasteiger partial charge on any atom is -0.475 e. The molecule has 0 unspecified atom stereocenters. The summed E-state index contributed by atoms with van der Waals surface area (Å²) in [4.78, 5) is 10.5. The Morgan fingerprint density at radius 3 is 2.57 bits per heavy atom. The van der Waals surface area contributed by atoms with Crippen LogP contribution in [-0.4, -0.2) is 19.5 Å². The zero-order valence-electron chi connectivity index (χ0n) is 10.6. The van der Waals surface area contributed by atoms with Gasteiger partial charge in [0.05, 0.1) is 5.69 Å². The highest BCUT2D eigenvalue weighted by Crippen LogP contribution is 2.25. The predicted molar refractivity (Wildman–Crippen MR) is 80.3 cm³/mol. The maximum Gasteiger partial charge on any atom is 0.371 e. The molecule has 0 aliphatic heterocycles. The first kappa shape index (κ1) is 15.8. The molecule has 0 radical (unpaired) electrons. The zero-order chi connectivity index (χ0) is 15.8. The van der Waals surface area contributed by atoms with E-state index in [-0.39, 0.29) is 16.3 Å². The molecule has 112 valence electrons. The highest BCUT2D eigenvalue weighted by Gasteiger charge is 2.24. The lowest BCUT2D eigenvalue weighted by molar-refractivity contribution is 0.0661. The minimum absolute atomic E-state index is 0.0444. The van der Waals surface area contributed by atoms with Gasteiger partial charge in [0.1, 0.15) is 16.5 Å². The molecular formula is C12H9FINO5S. The first-order chi connectivity index (χ1) is 9.70. The van der Waals surface area contributed by atoms with Crippen molar-refractivity contribution in [3.05, 3.63) is 45.2 Å². The summed E-state index contributed by atoms with van der Waals surface area (Å²) in [6.07, 6.45) is 0. The Morgan fingerprint density at radius 1 is 1.38 bits per heavy atom. The van der Waals surface area contributed by atoms with Crippen molar-refractivity contribution in [2.24, 2.45) is 0 Å². The molecule has 0 bridgehead atoms. The van der Waals surface area contributed by atoms with Gasteiger partial charge in [-0.25, -0.2) is 17.6 Å². The Hall–Kier alpha value is -1.62. The van der Waals surface area contributed by atoms with E-state index in [0.29, 0.717) is 3.57 Å². The van der Waals surface area contributed by atoms with Crippen molar-refractivity contribution in [3.8, 4) is 0 Å². The number of carbonyl (C=O) groups is 1. The molecule has 0 atom stereocenters. The molecule has 0 spiro atoms. The van der Waals surface area contributed by atoms with Crippen molar-refractivity contribution < 1.29 is 27.1 Å². The number of hydrogen-bond donors (Lipinski definition) is 2. The standard InChI is InChI=1S/C12H9FINO5S/c1-6-11(5-10(20-6)12(16)17)21(18,19)15-9-3-2-7(13)4-8(9)14/h2-5,15H,1H3,(H,16,17). The molecular weight excluding hydrogens is 416 g/mol. The molecule has 1 aromatic heterocycles. The number of aromatic carboxylic acids is 1. The third kappa shape index (κ3) is 3.35. The third-order valence-electron chi connectivity index (χ3n) is 2.55. The van der Waals surface area contributed by atoms with E-state index in [1.165, 1.54) is 19.1 Å². The molecule has 0 saturated heterocycles. The van der Waals surface area contributed by atoms with Gasteiger partial charge in [-0.2, -0.15) is 0 Å². The molecule has 1 aromatic carbocycles. The van der Waals surface area contributed by atoms with Gasteiger partial charge in [0.15, 0.2) is 0 Å². The van der Waals surface area contributed by atoms with E-state index in [2.05, 4.69) is 4.72 Å². The Kier molecular flexibility index (Phi) is 4.23. The van der Waals surface area contributed by atoms with E-state index in [1.54, 1.807) is 22.6 Å². The molecule has 0 aliphatic carbocycles. The fraction of sp³-hybridized carbons (Fsp3) is 0.0833. The molecule has 0 aliphatic rings. The topological polar surface area (TPSA) is 96.6 Å². The van der Waals surface area contributed by atoms with Crippen LogP contribution in [0.4, 0.5) is 10.1 Å². The number of aryl methyl sites for hydroxylation is 1. The summed E-state index contributed by atoms with van der Waals surface area (Å²) in [7, 11) is -4.03. The largest absolute Gasteiger partial charge is 0.475 e. The lowest BCUT2D eigenvalue weighted by Crippen LogP contribution is -2.14. The lowest BCUT2D eigenvalue weighted by atomic mass is 10.3. The molecule has 1 heterocycles. The van der Waals surface area contributed by atoms with Crippen LogP contribution >= 0.6 is 22.6 Å². The summed E-state index contributed by atoms with van der Waals surface area (Å²) >= 11 is 1.79. The number of nitrogens with one attached hydrogen (secondary N) is 1. The Balaban J connectivity index is 2.41. The van der Waals surface area contributed by atoms with Crippen molar-refractivity contribution in [1.82, 2.24) is 0 Å². The molecule has 0 saturated carbocycles. The summed E-state index contributed by atoms with van der Waals surface area (Å²) in [5.41, 5.74) is 0.189. The molecule has 0 amide bonds. The first-order valence-corrected chi connectivity index (χ1v) is 8.08. The summed E-state index contributed by atoms with van der Waals surface area (Å²) in [5, 5.41) is 8.80. The Morgan fingerprint density at radius 2 is 2.05 bits per heavy atom. The highest BCUT2D eigenvalue weighted by molar-refractivity contribution is 14.1. The molecule has 21 heavy (non-hydrogen) atoms. The fourth-order valence-corrected chi connectivity index (χ4v) is 3.66. The summed E-state index contributed by atoms with van der Waals surface area (Å²) in [6.45, 7) is 1.34. The highest BCUT2D eigenvalue weighted by atomic mass is 127. The van der Waals surface area contributed by atoms with Crippen molar-refractivity contribution in [2.45, 2.75) is 11.8 Å². The van der Waals surface area contributed by atoms with Crippen LogP contribution in [0, 0.1) is 16.3 Å². The number of rotatable bonds is 4. The molecule has 6 nitrogen and oxygen atoms in total. The van der Waals surface area contributed by atoms with Gasteiger partial charge in [0.25, 0.3) is 10.0 Å². The van der Waals surface area contributed by atoms with Crippen molar-refractivity contribution >= 4 is 44.3 Å². The quantitative estimate of drug-likeness (QED) is 0.735. The second kappa shape index (κ2) is 5.64. The first-order valence-electron chi connectivity index (χ1n) is 5.52. The van der Waals surface area contributed by atoms with Crippen LogP contribution in [0.15, 0.2) is 33.6 Å². The van der Waals surface area contributed by atoms with Gasteiger partial charge in [-0.05, 0) is 47.7 Å². The number of sulfonamides is 1. The van der Waals surface area contributed by atoms with Gasteiger partial charge in [-0.3, -0.25) is 4.72 Å². The molecule has 0 fully saturated rings. The van der Waals surface area contributed by atoms with E-state index in [9.17, 15) is 17.6 Å². The SMILES string of the molecule is Cc1oc(C(=O)O)cc1S(=O)(=O)Nc1ccc(F)cc1I. The Bertz CT molecular complexity index is 815. The van der Waals surface area contributed by atoms with E-state index in [0.717, 1.165) is 12.1 Å². The molecule has 2 N–H and O–H groups in total. The van der Waals surface area contributed by atoms with Crippen LogP contribution < -0.4 is 4.72 Å². The molecule has 2 rings (SSSR count). The maximum atomic E-state index is 13.0. The second-order valence-electron chi connectivity index (χ2n) is 4.07. The second-order valence-corrected chi connectivity index (χ2v) is 6.88. The van der Waals surface area contributed by atoms with Crippen LogP contribution in [0.2, 0.25) is 0 Å². The van der Waals surface area contributed by atoms with Gasteiger partial charge >= 0.3 is 5.97 Å². The Labute approximate surface area is 133 Å². The predicted octanol–water partition coefficient (Wildman–Crippen LogP) is 2.83. The normalized spacial score (nSPS) is 11.4. The number of carboxylic acid groups (broad SMARTS) is 1. The number of anilines is 1. The summed E-state index contributed by atoms with van der Waals surface area (Å²) in [6, 6.07) is 4.49. The number of benzene rings is 1. The van der Waals surface area contributed by atoms with Gasteiger partial charge in [0.2, 0.25) is 5.76 Å². The molecule has 9 heteroatoms. The average molecular weight is 425 g/mol. The number of hydrogen-bond acceptors (Lipinski definition) is 4. The van der Waals surface area contributed by atoms with E-state index in [1.807, 2.05) is 0 Å². The van der Waals surface area contributed by atoms with E-state index < -0.39 is 27.6 Å². The van der Waals surface area contributed by atoms with Crippen molar-refractivity contribution in [2.75, 3.05) is 4.72 Å². The van der Waals surface area contributed by atoms with E-state index >= 15 is 0 Å². The van der Waals surface area contributed by atoms with Crippen LogP contribution in [0.25, 0.3) is 0 Å². The van der Waals surface area contributed by atoms with Crippen LogP contribution in [0.3, 0.4) is 0 Å². The number of halogens is 2. The van der Waals surface area contributed by atoms with Gasteiger partial charge in [-0.1, -0.05) is 0 Å². The summed E-state index contributed by atoms with van der Waals surface area (Å²) < 4.78 is 45.0. The van der Waals surface area contributed by atoms with Gasteiger partial charge in [-0.15, -0.1) is 0 Å². The van der Waals surface area contributed by atoms with Crippen LogP contribution in [0.1, 0.15) is 16.3 Å². The molecule has 2 aromatic rings. The summed E-state index contributed by atoms with van der Waals surface area (Å²) in [5.74, 6) is -2.37. The maximum absolute atomic E-state index is 13.0. The van der Waals surface area contributed by atoms with Crippen LogP contribution in [-0.2, 0) is 10.0 Å². The minimum atomic E-state index is -4.03. The number of carboxylic acids is 1. The van der Waals surface area contributed by atoms with Gasteiger partial charge in [0, 0.05) is 9.64 Å². The zero-order valence-corrected chi connectivity index (χ0v) is 13.5.